The van der Waals surface area contributed by atoms with E-state index in [9.17, 15) is 4.79 Å². The number of amides is 1. The summed E-state index contributed by atoms with van der Waals surface area (Å²) in [7, 11) is 0. The third kappa shape index (κ3) is 4.91. The van der Waals surface area contributed by atoms with Gasteiger partial charge in [-0.15, -0.1) is 0 Å². The molecule has 1 heterocycles. The molecule has 1 N–H and O–H groups in total. The van der Waals surface area contributed by atoms with Crippen LogP contribution in [0.15, 0.2) is 24.3 Å². The third-order valence-electron chi connectivity index (χ3n) is 6.65. The van der Waals surface area contributed by atoms with Crippen LogP contribution in [0, 0.1) is 6.92 Å². The number of likely N-dealkylation sites (N-methyl/N-ethyl adjacent to an activating group) is 1. The molecular formula is C23H37N3O. The van der Waals surface area contributed by atoms with Gasteiger partial charge < -0.3 is 15.1 Å². The number of hydrogen-bond donors (Lipinski definition) is 1. The van der Waals surface area contributed by atoms with E-state index in [2.05, 4.69) is 53.2 Å². The molecule has 4 heteroatoms. The highest BCUT2D eigenvalue weighted by atomic mass is 16.2. The highest BCUT2D eigenvalue weighted by molar-refractivity contribution is 5.88. The zero-order valence-electron chi connectivity index (χ0n) is 17.3. The summed E-state index contributed by atoms with van der Waals surface area (Å²) >= 11 is 0. The van der Waals surface area contributed by atoms with Crippen LogP contribution in [-0.4, -0.2) is 61.5 Å². The van der Waals surface area contributed by atoms with Crippen LogP contribution in [0.1, 0.15) is 56.6 Å². The van der Waals surface area contributed by atoms with Gasteiger partial charge in [0, 0.05) is 32.7 Å². The first-order chi connectivity index (χ1) is 13.2. The number of carbonyl (C=O) groups is 1. The molecule has 0 spiro atoms. The van der Waals surface area contributed by atoms with Gasteiger partial charge in [0.1, 0.15) is 0 Å². The molecule has 2 aliphatic rings. The van der Waals surface area contributed by atoms with Crippen molar-refractivity contribution in [3.63, 3.8) is 0 Å². The van der Waals surface area contributed by atoms with Crippen LogP contribution in [0.2, 0.25) is 0 Å². The lowest BCUT2D eigenvalue weighted by molar-refractivity contribution is -0.128. The smallest absolute Gasteiger partial charge is 0.230 e. The Morgan fingerprint density at radius 1 is 1.04 bits per heavy atom. The van der Waals surface area contributed by atoms with Crippen molar-refractivity contribution in [2.45, 2.75) is 57.8 Å². The number of nitrogens with zero attached hydrogens (tertiary/aromatic N) is 2. The van der Waals surface area contributed by atoms with Crippen LogP contribution < -0.4 is 5.32 Å². The van der Waals surface area contributed by atoms with E-state index in [4.69, 9.17) is 0 Å². The van der Waals surface area contributed by atoms with Crippen LogP contribution in [0.5, 0.6) is 0 Å². The summed E-state index contributed by atoms with van der Waals surface area (Å²) in [5, 5.41) is 3.30. The zero-order valence-corrected chi connectivity index (χ0v) is 17.3. The minimum Gasteiger partial charge on any atom is -0.355 e. The molecule has 0 radical (unpaired) electrons. The Morgan fingerprint density at radius 2 is 1.70 bits per heavy atom. The fourth-order valence-corrected chi connectivity index (χ4v) is 4.89. The molecule has 1 aliphatic carbocycles. The number of aryl methyl sites for hydroxylation is 1. The van der Waals surface area contributed by atoms with Crippen molar-refractivity contribution < 1.29 is 4.79 Å². The van der Waals surface area contributed by atoms with Crippen molar-refractivity contribution in [3.8, 4) is 0 Å². The molecule has 1 saturated heterocycles. The number of rotatable bonds is 7. The Bertz CT molecular complexity index is 601. The molecule has 0 unspecified atom stereocenters. The van der Waals surface area contributed by atoms with E-state index in [0.29, 0.717) is 0 Å². The third-order valence-corrected chi connectivity index (χ3v) is 6.65. The van der Waals surface area contributed by atoms with Gasteiger partial charge in [-0.25, -0.2) is 0 Å². The molecular weight excluding hydrogens is 334 g/mol. The molecule has 2 fully saturated rings. The van der Waals surface area contributed by atoms with Crippen LogP contribution in [0.4, 0.5) is 0 Å². The summed E-state index contributed by atoms with van der Waals surface area (Å²) in [4.78, 5) is 18.3. The molecule has 27 heavy (non-hydrogen) atoms. The topological polar surface area (TPSA) is 35.6 Å². The molecule has 1 amide bonds. The normalized spacial score (nSPS) is 21.1. The van der Waals surface area contributed by atoms with Gasteiger partial charge in [0.25, 0.3) is 0 Å². The van der Waals surface area contributed by atoms with Crippen LogP contribution in [0.3, 0.4) is 0 Å². The van der Waals surface area contributed by atoms with E-state index in [-0.39, 0.29) is 11.3 Å². The lowest BCUT2D eigenvalue weighted by Crippen LogP contribution is -2.48. The van der Waals surface area contributed by atoms with Gasteiger partial charge in [-0.1, -0.05) is 50.5 Å². The Hall–Kier alpha value is -1.39. The fourth-order valence-electron chi connectivity index (χ4n) is 4.89. The molecule has 1 aromatic carbocycles. The van der Waals surface area contributed by atoms with E-state index in [1.807, 2.05) is 0 Å². The van der Waals surface area contributed by atoms with Gasteiger partial charge in [0.15, 0.2) is 0 Å². The summed E-state index contributed by atoms with van der Waals surface area (Å²) in [6.07, 6.45) is 6.59. The van der Waals surface area contributed by atoms with Crippen LogP contribution in [0.25, 0.3) is 0 Å². The molecule has 150 valence electrons. The van der Waals surface area contributed by atoms with E-state index in [1.54, 1.807) is 0 Å². The number of carbonyl (C=O) groups excluding carboxylic acids is 1. The van der Waals surface area contributed by atoms with Gasteiger partial charge >= 0.3 is 0 Å². The van der Waals surface area contributed by atoms with E-state index < -0.39 is 0 Å². The monoisotopic (exact) mass is 371 g/mol. The number of benzene rings is 1. The second kappa shape index (κ2) is 9.70. The largest absolute Gasteiger partial charge is 0.355 e. The predicted molar refractivity (Wildman–Crippen MR) is 112 cm³/mol. The Kier molecular flexibility index (Phi) is 7.31. The molecule has 1 aliphatic heterocycles. The fraction of sp³-hybridized carbons (Fsp3) is 0.696. The first-order valence-electron chi connectivity index (χ1n) is 10.9. The Balaban J connectivity index is 1.53. The Labute approximate surface area is 165 Å². The van der Waals surface area contributed by atoms with E-state index in [1.165, 1.54) is 30.6 Å². The standard InChI is InChI=1S/C23H37N3O/c1-3-25-16-18-26(19-17-25)15-9-14-24-22(27)23(12-7-4-8-13-23)21-11-6-5-10-20(21)2/h5-6,10-11H,3-4,7-9,12-19H2,1-2H3,(H,24,27). The average Bonchev–Trinajstić information content (AvgIpc) is 2.72. The highest BCUT2D eigenvalue weighted by Crippen LogP contribution is 2.41. The average molecular weight is 372 g/mol. The maximum absolute atomic E-state index is 13.3. The lowest BCUT2D eigenvalue weighted by Gasteiger charge is -2.37. The highest BCUT2D eigenvalue weighted by Gasteiger charge is 2.41. The summed E-state index contributed by atoms with van der Waals surface area (Å²) in [5.41, 5.74) is 2.19. The minimum absolute atomic E-state index is 0.257. The zero-order chi connectivity index (χ0) is 19.1. The lowest BCUT2D eigenvalue weighted by atomic mass is 9.67. The summed E-state index contributed by atoms with van der Waals surface area (Å²) in [6.45, 7) is 12.1. The van der Waals surface area contributed by atoms with Gasteiger partial charge in [-0.2, -0.15) is 0 Å². The first kappa shape index (κ1) is 20.3. The maximum atomic E-state index is 13.3. The predicted octanol–water partition coefficient (Wildman–Crippen LogP) is 3.34. The number of hydrogen-bond acceptors (Lipinski definition) is 3. The molecule has 0 bridgehead atoms. The summed E-state index contributed by atoms with van der Waals surface area (Å²) < 4.78 is 0. The summed E-state index contributed by atoms with van der Waals surface area (Å²) in [5.74, 6) is 0.257. The van der Waals surface area contributed by atoms with E-state index >= 15 is 0 Å². The van der Waals surface area contributed by atoms with Gasteiger partial charge in [0.2, 0.25) is 5.91 Å². The quantitative estimate of drug-likeness (QED) is 0.747. The van der Waals surface area contributed by atoms with Crippen molar-refractivity contribution in [2.24, 2.45) is 0 Å². The molecule has 1 aromatic rings. The molecule has 0 aromatic heterocycles. The van der Waals surface area contributed by atoms with Crippen LogP contribution >= 0.6 is 0 Å². The number of nitrogens with one attached hydrogen (secondary N) is 1. The minimum atomic E-state index is -0.309. The van der Waals surface area contributed by atoms with Gasteiger partial charge in [0.05, 0.1) is 5.41 Å². The second-order valence-electron chi connectivity index (χ2n) is 8.34. The maximum Gasteiger partial charge on any atom is 0.230 e. The van der Waals surface area contributed by atoms with Crippen molar-refractivity contribution in [1.29, 1.82) is 0 Å². The van der Waals surface area contributed by atoms with Gasteiger partial charge in [-0.3, -0.25) is 4.79 Å². The Morgan fingerprint density at radius 3 is 2.37 bits per heavy atom. The second-order valence-corrected chi connectivity index (χ2v) is 8.34. The molecule has 4 nitrogen and oxygen atoms in total. The van der Waals surface area contributed by atoms with E-state index in [0.717, 1.165) is 64.8 Å². The van der Waals surface area contributed by atoms with Crippen molar-refractivity contribution in [3.05, 3.63) is 35.4 Å². The van der Waals surface area contributed by atoms with Crippen molar-refractivity contribution >= 4 is 5.91 Å². The number of piperazine rings is 1. The van der Waals surface area contributed by atoms with Crippen LogP contribution in [-0.2, 0) is 10.2 Å². The first-order valence-corrected chi connectivity index (χ1v) is 10.9. The SMILES string of the molecule is CCN1CCN(CCCNC(=O)C2(c3ccccc3C)CCCCC2)CC1. The van der Waals surface area contributed by atoms with Crippen molar-refractivity contribution in [1.82, 2.24) is 15.1 Å². The molecule has 0 atom stereocenters. The molecule has 3 rings (SSSR count). The summed E-state index contributed by atoms with van der Waals surface area (Å²) in [6, 6.07) is 8.48. The van der Waals surface area contributed by atoms with Gasteiger partial charge in [-0.05, 0) is 50.4 Å². The van der Waals surface area contributed by atoms with Crippen molar-refractivity contribution in [2.75, 3.05) is 45.8 Å². The molecule has 1 saturated carbocycles.